The van der Waals surface area contributed by atoms with Crippen LogP contribution in [0.25, 0.3) is 0 Å². The number of aromatic amines is 1. The third kappa shape index (κ3) is 1.54. The first-order chi connectivity index (χ1) is 7.83. The number of carbonyl (C=O) groups is 1. The number of rotatable bonds is 2. The van der Waals surface area contributed by atoms with Crippen LogP contribution in [0.2, 0.25) is 0 Å². The third-order valence-corrected chi connectivity index (χ3v) is 3.02. The molecule has 0 radical (unpaired) electrons. The van der Waals surface area contributed by atoms with Gasteiger partial charge in [0.25, 0.3) is 0 Å². The number of imidazole rings is 1. The zero-order valence-electron chi connectivity index (χ0n) is 8.86. The van der Waals surface area contributed by atoms with Gasteiger partial charge in [-0.1, -0.05) is 18.2 Å². The standard InChI is InChI=1S/C13H12N2O/c16-12-4-2-10-7-9(1-3-11(10)12)8-13-14-5-6-15-13/h1,3,5-7H,2,4,8H2,(H,14,15). The zero-order valence-corrected chi connectivity index (χ0v) is 8.86. The van der Waals surface area contributed by atoms with E-state index in [4.69, 9.17) is 0 Å². The molecule has 2 aromatic rings. The van der Waals surface area contributed by atoms with Crippen molar-refractivity contribution in [3.8, 4) is 0 Å². The first-order valence-corrected chi connectivity index (χ1v) is 5.46. The summed E-state index contributed by atoms with van der Waals surface area (Å²) in [7, 11) is 0. The lowest BCUT2D eigenvalue weighted by Gasteiger charge is -2.02. The van der Waals surface area contributed by atoms with E-state index in [-0.39, 0.29) is 5.78 Å². The number of Topliss-reactive ketones (excluding diaryl/α,β-unsaturated/α-hetero) is 1. The molecular weight excluding hydrogens is 200 g/mol. The van der Waals surface area contributed by atoms with Crippen molar-refractivity contribution in [2.75, 3.05) is 0 Å². The number of benzene rings is 1. The fraction of sp³-hybridized carbons (Fsp3) is 0.231. The quantitative estimate of drug-likeness (QED) is 0.828. The highest BCUT2D eigenvalue weighted by atomic mass is 16.1. The third-order valence-electron chi connectivity index (χ3n) is 3.02. The summed E-state index contributed by atoms with van der Waals surface area (Å²) in [5, 5.41) is 0. The van der Waals surface area contributed by atoms with Gasteiger partial charge in [0.2, 0.25) is 0 Å². The van der Waals surface area contributed by atoms with Crippen molar-refractivity contribution in [2.24, 2.45) is 0 Å². The maximum Gasteiger partial charge on any atom is 0.163 e. The van der Waals surface area contributed by atoms with Crippen molar-refractivity contribution in [1.82, 2.24) is 9.97 Å². The van der Waals surface area contributed by atoms with Crippen LogP contribution in [-0.4, -0.2) is 15.8 Å². The van der Waals surface area contributed by atoms with Crippen molar-refractivity contribution in [3.05, 3.63) is 53.1 Å². The number of nitrogens with one attached hydrogen (secondary N) is 1. The van der Waals surface area contributed by atoms with Gasteiger partial charge in [-0.25, -0.2) is 4.98 Å². The Kier molecular flexibility index (Phi) is 2.10. The molecule has 16 heavy (non-hydrogen) atoms. The molecular formula is C13H12N2O. The topological polar surface area (TPSA) is 45.8 Å². The Balaban J connectivity index is 1.90. The molecule has 0 spiro atoms. The molecule has 3 rings (SSSR count). The van der Waals surface area contributed by atoms with Crippen LogP contribution in [-0.2, 0) is 12.8 Å². The molecule has 1 aromatic heterocycles. The number of H-pyrrole nitrogens is 1. The smallest absolute Gasteiger partial charge is 0.163 e. The SMILES string of the molecule is O=C1CCc2cc(Cc3ncc[nH]3)ccc21. The Morgan fingerprint density at radius 1 is 1.31 bits per heavy atom. The molecule has 0 bridgehead atoms. The summed E-state index contributed by atoms with van der Waals surface area (Å²) in [5.74, 6) is 1.24. The predicted molar refractivity (Wildman–Crippen MR) is 60.5 cm³/mol. The van der Waals surface area contributed by atoms with Crippen molar-refractivity contribution < 1.29 is 4.79 Å². The van der Waals surface area contributed by atoms with E-state index in [1.165, 1.54) is 11.1 Å². The molecule has 0 saturated heterocycles. The summed E-state index contributed by atoms with van der Waals surface area (Å²) >= 11 is 0. The van der Waals surface area contributed by atoms with Gasteiger partial charge in [-0.2, -0.15) is 0 Å². The van der Waals surface area contributed by atoms with E-state index in [2.05, 4.69) is 16.0 Å². The van der Waals surface area contributed by atoms with Gasteiger partial charge in [0.05, 0.1) is 0 Å². The molecule has 1 aliphatic rings. The molecule has 3 heteroatoms. The molecule has 80 valence electrons. The maximum atomic E-state index is 11.5. The summed E-state index contributed by atoms with van der Waals surface area (Å²) in [6, 6.07) is 6.09. The number of hydrogen-bond donors (Lipinski definition) is 1. The van der Waals surface area contributed by atoms with E-state index in [9.17, 15) is 4.79 Å². The van der Waals surface area contributed by atoms with Crippen molar-refractivity contribution >= 4 is 5.78 Å². The fourth-order valence-corrected chi connectivity index (χ4v) is 2.21. The number of fused-ring (bicyclic) bond motifs is 1. The fourth-order valence-electron chi connectivity index (χ4n) is 2.21. The van der Waals surface area contributed by atoms with Gasteiger partial charge in [-0.15, -0.1) is 0 Å². The van der Waals surface area contributed by atoms with Crippen LogP contribution in [0, 0.1) is 0 Å². The minimum atomic E-state index is 0.277. The van der Waals surface area contributed by atoms with Gasteiger partial charge in [-0.05, 0) is 17.5 Å². The molecule has 3 nitrogen and oxygen atoms in total. The highest BCUT2D eigenvalue weighted by molar-refractivity contribution is 6.00. The normalized spacial score (nSPS) is 14.1. The van der Waals surface area contributed by atoms with Crippen LogP contribution < -0.4 is 0 Å². The molecule has 0 fully saturated rings. The number of aromatic nitrogens is 2. The average molecular weight is 212 g/mol. The van der Waals surface area contributed by atoms with Crippen LogP contribution in [0.1, 0.15) is 33.7 Å². The van der Waals surface area contributed by atoms with E-state index in [0.717, 1.165) is 24.2 Å². The van der Waals surface area contributed by atoms with Gasteiger partial charge in [0.15, 0.2) is 5.78 Å². The van der Waals surface area contributed by atoms with Crippen LogP contribution in [0.3, 0.4) is 0 Å². The Bertz CT molecular complexity index is 529. The maximum absolute atomic E-state index is 11.5. The first-order valence-electron chi connectivity index (χ1n) is 5.46. The van der Waals surface area contributed by atoms with Gasteiger partial charge in [0, 0.05) is 30.8 Å². The summed E-state index contributed by atoms with van der Waals surface area (Å²) in [6.45, 7) is 0. The first kappa shape index (κ1) is 9.33. The highest BCUT2D eigenvalue weighted by Crippen LogP contribution is 2.23. The molecule has 1 heterocycles. The van der Waals surface area contributed by atoms with Crippen LogP contribution in [0.15, 0.2) is 30.6 Å². The van der Waals surface area contributed by atoms with Crippen molar-refractivity contribution in [2.45, 2.75) is 19.3 Å². The van der Waals surface area contributed by atoms with Crippen LogP contribution >= 0.6 is 0 Å². The van der Waals surface area contributed by atoms with E-state index in [0.29, 0.717) is 6.42 Å². The number of carbonyl (C=O) groups excluding carboxylic acids is 1. The monoisotopic (exact) mass is 212 g/mol. The van der Waals surface area contributed by atoms with E-state index < -0.39 is 0 Å². The lowest BCUT2D eigenvalue weighted by atomic mass is 10.0. The Hall–Kier alpha value is -1.90. The molecule has 1 aliphatic carbocycles. The predicted octanol–water partition coefficient (Wildman–Crippen LogP) is 2.13. The minimum absolute atomic E-state index is 0.277. The van der Waals surface area contributed by atoms with E-state index >= 15 is 0 Å². The molecule has 1 N–H and O–H groups in total. The Morgan fingerprint density at radius 3 is 3.06 bits per heavy atom. The number of ketones is 1. The molecule has 0 aliphatic heterocycles. The largest absolute Gasteiger partial charge is 0.348 e. The lowest BCUT2D eigenvalue weighted by molar-refractivity contribution is 0.0994. The van der Waals surface area contributed by atoms with Crippen molar-refractivity contribution in [3.63, 3.8) is 0 Å². The molecule has 0 saturated carbocycles. The van der Waals surface area contributed by atoms with E-state index in [1.807, 2.05) is 18.3 Å². The molecule has 0 amide bonds. The van der Waals surface area contributed by atoms with Gasteiger partial charge in [-0.3, -0.25) is 4.79 Å². The minimum Gasteiger partial charge on any atom is -0.348 e. The number of nitrogens with zero attached hydrogens (tertiary/aromatic N) is 1. The zero-order chi connectivity index (χ0) is 11.0. The van der Waals surface area contributed by atoms with Crippen LogP contribution in [0.4, 0.5) is 0 Å². The number of aryl methyl sites for hydroxylation is 1. The second-order valence-electron chi connectivity index (χ2n) is 4.13. The van der Waals surface area contributed by atoms with Gasteiger partial charge < -0.3 is 4.98 Å². The van der Waals surface area contributed by atoms with E-state index in [1.54, 1.807) is 6.20 Å². The summed E-state index contributed by atoms with van der Waals surface area (Å²) in [4.78, 5) is 18.8. The number of hydrogen-bond acceptors (Lipinski definition) is 2. The molecule has 0 atom stereocenters. The second kappa shape index (κ2) is 3.59. The Labute approximate surface area is 93.5 Å². The second-order valence-corrected chi connectivity index (χ2v) is 4.13. The molecule has 0 unspecified atom stereocenters. The summed E-state index contributed by atoms with van der Waals surface area (Å²) < 4.78 is 0. The summed E-state index contributed by atoms with van der Waals surface area (Å²) in [6.07, 6.45) is 5.94. The molecule has 1 aromatic carbocycles. The highest BCUT2D eigenvalue weighted by Gasteiger charge is 2.19. The van der Waals surface area contributed by atoms with Gasteiger partial charge in [0.1, 0.15) is 5.82 Å². The van der Waals surface area contributed by atoms with Gasteiger partial charge >= 0.3 is 0 Å². The average Bonchev–Trinajstić information content (AvgIpc) is 2.90. The lowest BCUT2D eigenvalue weighted by Crippen LogP contribution is -1.94. The van der Waals surface area contributed by atoms with Crippen LogP contribution in [0.5, 0.6) is 0 Å². The summed E-state index contributed by atoms with van der Waals surface area (Å²) in [5.41, 5.74) is 3.31. The van der Waals surface area contributed by atoms with Crippen molar-refractivity contribution in [1.29, 1.82) is 0 Å². The Morgan fingerprint density at radius 2 is 2.25 bits per heavy atom.